The Labute approximate surface area is 108 Å². The van der Waals surface area contributed by atoms with Gasteiger partial charge in [-0.1, -0.05) is 19.1 Å². The van der Waals surface area contributed by atoms with E-state index < -0.39 is 0 Å². The molecule has 3 rings (SSSR count). The Balaban J connectivity index is 1.81. The topological polar surface area (TPSA) is 32.7 Å². The number of aromatic hydroxyl groups is 1. The molecule has 0 spiro atoms. The number of phenols is 1. The third-order valence-corrected chi connectivity index (χ3v) is 4.28. The van der Waals surface area contributed by atoms with Gasteiger partial charge in [0.25, 0.3) is 0 Å². The van der Waals surface area contributed by atoms with Gasteiger partial charge in [-0.05, 0) is 36.5 Å². The minimum Gasteiger partial charge on any atom is -0.508 e. The van der Waals surface area contributed by atoms with Crippen LogP contribution in [0.3, 0.4) is 0 Å². The van der Waals surface area contributed by atoms with Crippen LogP contribution in [0.5, 0.6) is 5.75 Å². The molecular formula is C15H21NO2. The summed E-state index contributed by atoms with van der Waals surface area (Å²) in [6, 6.07) is 6.41. The van der Waals surface area contributed by atoms with E-state index >= 15 is 0 Å². The SMILES string of the molecule is CCC1CN(C2CCc3c(O)cccc32)CCO1. The molecule has 1 heterocycles. The maximum absolute atomic E-state index is 9.90. The van der Waals surface area contributed by atoms with Gasteiger partial charge in [0.2, 0.25) is 0 Å². The minimum atomic E-state index is 0.375. The zero-order chi connectivity index (χ0) is 12.5. The van der Waals surface area contributed by atoms with E-state index in [9.17, 15) is 5.11 Å². The third-order valence-electron chi connectivity index (χ3n) is 4.28. The van der Waals surface area contributed by atoms with Crippen LogP contribution in [0.2, 0.25) is 0 Å². The summed E-state index contributed by atoms with van der Waals surface area (Å²) in [4.78, 5) is 2.53. The largest absolute Gasteiger partial charge is 0.508 e. The maximum atomic E-state index is 9.90. The molecule has 98 valence electrons. The number of hydrogen-bond donors (Lipinski definition) is 1. The average Bonchev–Trinajstić information content (AvgIpc) is 2.84. The Bertz CT molecular complexity index is 433. The predicted octanol–water partition coefficient (Wildman–Crippen LogP) is 2.49. The highest BCUT2D eigenvalue weighted by molar-refractivity contribution is 5.44. The number of fused-ring (bicyclic) bond motifs is 1. The number of phenolic OH excluding ortho intramolecular Hbond substituents is 1. The molecule has 0 aromatic heterocycles. The lowest BCUT2D eigenvalue weighted by Crippen LogP contribution is -2.43. The van der Waals surface area contributed by atoms with Crippen LogP contribution in [0.25, 0.3) is 0 Å². The molecule has 1 fully saturated rings. The van der Waals surface area contributed by atoms with E-state index in [4.69, 9.17) is 4.74 Å². The zero-order valence-electron chi connectivity index (χ0n) is 10.9. The van der Waals surface area contributed by atoms with Gasteiger partial charge in [0.05, 0.1) is 12.7 Å². The summed E-state index contributed by atoms with van der Waals surface area (Å²) in [5.41, 5.74) is 2.48. The van der Waals surface area contributed by atoms with Gasteiger partial charge in [-0.25, -0.2) is 0 Å². The van der Waals surface area contributed by atoms with Gasteiger partial charge in [-0.3, -0.25) is 4.90 Å². The summed E-state index contributed by atoms with van der Waals surface area (Å²) in [5, 5.41) is 9.90. The van der Waals surface area contributed by atoms with Crippen LogP contribution in [0.15, 0.2) is 18.2 Å². The fourth-order valence-corrected chi connectivity index (χ4v) is 3.26. The summed E-state index contributed by atoms with van der Waals surface area (Å²) in [6.07, 6.45) is 3.58. The number of nitrogens with zero attached hydrogens (tertiary/aromatic N) is 1. The molecule has 1 aromatic carbocycles. The lowest BCUT2D eigenvalue weighted by atomic mass is 10.0. The molecule has 18 heavy (non-hydrogen) atoms. The van der Waals surface area contributed by atoms with Crippen molar-refractivity contribution >= 4 is 0 Å². The Kier molecular flexibility index (Phi) is 3.27. The molecule has 2 aliphatic rings. The van der Waals surface area contributed by atoms with Gasteiger partial charge in [0, 0.05) is 19.1 Å². The molecule has 0 saturated carbocycles. The molecule has 0 bridgehead atoms. The van der Waals surface area contributed by atoms with Crippen LogP contribution in [0.4, 0.5) is 0 Å². The van der Waals surface area contributed by atoms with Crippen LogP contribution in [-0.4, -0.2) is 35.8 Å². The average molecular weight is 247 g/mol. The number of benzene rings is 1. The molecule has 2 atom stereocenters. The van der Waals surface area contributed by atoms with Crippen molar-refractivity contribution in [2.45, 2.75) is 38.3 Å². The first kappa shape index (κ1) is 12.0. The van der Waals surface area contributed by atoms with Crippen molar-refractivity contribution in [3.8, 4) is 5.75 Å². The fraction of sp³-hybridized carbons (Fsp3) is 0.600. The second kappa shape index (κ2) is 4.90. The molecule has 0 amide bonds. The van der Waals surface area contributed by atoms with E-state index in [-0.39, 0.29) is 0 Å². The van der Waals surface area contributed by atoms with Crippen molar-refractivity contribution in [2.24, 2.45) is 0 Å². The van der Waals surface area contributed by atoms with Crippen LogP contribution in [0.1, 0.15) is 36.9 Å². The van der Waals surface area contributed by atoms with Crippen LogP contribution < -0.4 is 0 Å². The summed E-state index contributed by atoms with van der Waals surface area (Å²) < 4.78 is 5.74. The summed E-state index contributed by atoms with van der Waals surface area (Å²) >= 11 is 0. The van der Waals surface area contributed by atoms with Crippen molar-refractivity contribution < 1.29 is 9.84 Å². The molecule has 1 saturated heterocycles. The highest BCUT2D eigenvalue weighted by Gasteiger charge is 2.32. The van der Waals surface area contributed by atoms with Crippen molar-refractivity contribution in [1.82, 2.24) is 4.90 Å². The van der Waals surface area contributed by atoms with E-state index in [1.54, 1.807) is 6.07 Å². The molecule has 1 aliphatic carbocycles. The second-order valence-corrected chi connectivity index (χ2v) is 5.30. The lowest BCUT2D eigenvalue weighted by Gasteiger charge is -2.37. The van der Waals surface area contributed by atoms with Crippen molar-refractivity contribution in [1.29, 1.82) is 0 Å². The molecule has 3 heteroatoms. The summed E-state index contributed by atoms with van der Waals surface area (Å²) in [5.74, 6) is 0.468. The zero-order valence-corrected chi connectivity index (χ0v) is 10.9. The Morgan fingerprint density at radius 2 is 2.33 bits per heavy atom. The Hall–Kier alpha value is -1.06. The molecule has 2 unspecified atom stereocenters. The number of ether oxygens (including phenoxy) is 1. The number of rotatable bonds is 2. The first-order chi connectivity index (χ1) is 8.79. The van der Waals surface area contributed by atoms with Gasteiger partial charge in [0.15, 0.2) is 0 Å². The van der Waals surface area contributed by atoms with E-state index in [0.717, 1.165) is 44.5 Å². The molecule has 3 nitrogen and oxygen atoms in total. The quantitative estimate of drug-likeness (QED) is 0.871. The monoisotopic (exact) mass is 247 g/mol. The standard InChI is InChI=1S/C15H21NO2/c1-2-11-10-16(8-9-18-11)14-7-6-13-12(14)4-3-5-15(13)17/h3-5,11,14,17H,2,6-10H2,1H3. The fourth-order valence-electron chi connectivity index (χ4n) is 3.26. The van der Waals surface area contributed by atoms with E-state index in [1.165, 1.54) is 5.56 Å². The summed E-state index contributed by atoms with van der Waals surface area (Å²) in [7, 11) is 0. The Morgan fingerprint density at radius 1 is 1.44 bits per heavy atom. The molecule has 1 aromatic rings. The lowest BCUT2D eigenvalue weighted by molar-refractivity contribution is -0.0447. The highest BCUT2D eigenvalue weighted by atomic mass is 16.5. The van der Waals surface area contributed by atoms with Crippen LogP contribution >= 0.6 is 0 Å². The molecule has 0 radical (unpaired) electrons. The third kappa shape index (κ3) is 2.02. The molecule has 1 N–H and O–H groups in total. The van der Waals surface area contributed by atoms with Crippen LogP contribution in [-0.2, 0) is 11.2 Å². The smallest absolute Gasteiger partial charge is 0.119 e. The minimum absolute atomic E-state index is 0.375. The molecular weight excluding hydrogens is 226 g/mol. The first-order valence-corrected chi connectivity index (χ1v) is 6.96. The van der Waals surface area contributed by atoms with Gasteiger partial charge in [-0.2, -0.15) is 0 Å². The van der Waals surface area contributed by atoms with Gasteiger partial charge in [0.1, 0.15) is 5.75 Å². The second-order valence-electron chi connectivity index (χ2n) is 5.30. The highest BCUT2D eigenvalue weighted by Crippen LogP contribution is 2.40. The van der Waals surface area contributed by atoms with Gasteiger partial charge >= 0.3 is 0 Å². The number of hydrogen-bond acceptors (Lipinski definition) is 3. The first-order valence-electron chi connectivity index (χ1n) is 6.96. The van der Waals surface area contributed by atoms with Crippen LogP contribution in [0, 0.1) is 0 Å². The van der Waals surface area contributed by atoms with E-state index in [2.05, 4.69) is 17.9 Å². The normalized spacial score (nSPS) is 28.3. The van der Waals surface area contributed by atoms with Crippen molar-refractivity contribution in [3.63, 3.8) is 0 Å². The molecule has 1 aliphatic heterocycles. The van der Waals surface area contributed by atoms with Gasteiger partial charge < -0.3 is 9.84 Å². The van der Waals surface area contributed by atoms with E-state index in [0.29, 0.717) is 17.9 Å². The predicted molar refractivity (Wildman–Crippen MR) is 70.8 cm³/mol. The number of morpholine rings is 1. The van der Waals surface area contributed by atoms with E-state index in [1.807, 2.05) is 6.07 Å². The maximum Gasteiger partial charge on any atom is 0.119 e. The van der Waals surface area contributed by atoms with Crippen molar-refractivity contribution in [2.75, 3.05) is 19.7 Å². The Morgan fingerprint density at radius 3 is 3.17 bits per heavy atom. The van der Waals surface area contributed by atoms with Gasteiger partial charge in [-0.15, -0.1) is 0 Å². The summed E-state index contributed by atoms with van der Waals surface area (Å²) in [6.45, 7) is 5.05. The van der Waals surface area contributed by atoms with Crippen molar-refractivity contribution in [3.05, 3.63) is 29.3 Å².